The van der Waals surface area contributed by atoms with Crippen LogP contribution in [0.3, 0.4) is 0 Å². The van der Waals surface area contributed by atoms with Gasteiger partial charge in [0.2, 0.25) is 0 Å². The van der Waals surface area contributed by atoms with Crippen LogP contribution in [0.25, 0.3) is 0 Å². The smallest absolute Gasteiger partial charge is 0.106 e. The first-order valence-corrected chi connectivity index (χ1v) is 14.0. The average molecular weight is 455 g/mol. The molecule has 6 unspecified atom stereocenters. The number of halogens is 1. The van der Waals surface area contributed by atoms with Crippen molar-refractivity contribution in [3.63, 3.8) is 0 Å². The predicted molar refractivity (Wildman–Crippen MR) is 134 cm³/mol. The van der Waals surface area contributed by atoms with Crippen molar-refractivity contribution in [2.24, 2.45) is 53.3 Å². The fourth-order valence-corrected chi connectivity index (χ4v) is 6.69. The third kappa shape index (κ3) is 7.97. The van der Waals surface area contributed by atoms with Crippen molar-refractivity contribution in [2.75, 3.05) is 0 Å². The molecule has 32 heavy (non-hydrogen) atoms. The Morgan fingerprint density at radius 2 is 1.50 bits per heavy atom. The molecule has 2 N–H and O–H groups in total. The fourth-order valence-electron chi connectivity index (χ4n) is 6.69. The molecule has 0 saturated heterocycles. The molecule has 190 valence electrons. The molecule has 2 aliphatic carbocycles. The van der Waals surface area contributed by atoms with E-state index in [9.17, 15) is 14.6 Å². The standard InChI is InChI=1S/C29H55FO2/c1-18(2)25(17-28(32)24-13-11-19(3)12-14-24)9-8-10-27(31)21(5)16-26-15-20(4)22(6)23(7)29(26)30/h18-29,31-32H,8-17H2,1-7H3/t19?,20?,21?,22-,23?,24?,25-,26-,27?,28?,29?/m0/s1. The van der Waals surface area contributed by atoms with E-state index in [-0.39, 0.29) is 30.0 Å². The van der Waals surface area contributed by atoms with E-state index in [4.69, 9.17) is 0 Å². The van der Waals surface area contributed by atoms with Crippen LogP contribution in [0, 0.1) is 53.3 Å². The van der Waals surface area contributed by atoms with Crippen LogP contribution in [0.15, 0.2) is 0 Å². The summed E-state index contributed by atoms with van der Waals surface area (Å²) in [7, 11) is 0. The molecule has 0 amide bonds. The van der Waals surface area contributed by atoms with E-state index in [1.165, 1.54) is 25.7 Å². The number of aliphatic hydroxyl groups excluding tert-OH is 2. The van der Waals surface area contributed by atoms with E-state index in [0.29, 0.717) is 29.6 Å². The Morgan fingerprint density at radius 3 is 2.09 bits per heavy atom. The van der Waals surface area contributed by atoms with E-state index in [2.05, 4.69) is 48.5 Å². The molecule has 9 atom stereocenters. The Hall–Kier alpha value is -0.150. The molecular weight excluding hydrogens is 399 g/mol. The molecule has 0 spiro atoms. The molecule has 0 aromatic carbocycles. The number of hydrogen-bond acceptors (Lipinski definition) is 2. The molecule has 0 aromatic rings. The minimum Gasteiger partial charge on any atom is -0.393 e. The van der Waals surface area contributed by atoms with Gasteiger partial charge in [0.15, 0.2) is 0 Å². The zero-order valence-electron chi connectivity index (χ0n) is 22.3. The van der Waals surface area contributed by atoms with Crippen LogP contribution in [0.1, 0.15) is 113 Å². The summed E-state index contributed by atoms with van der Waals surface area (Å²) in [5.41, 5.74) is 0. The lowest BCUT2D eigenvalue weighted by Gasteiger charge is -2.41. The number of aliphatic hydroxyl groups is 2. The van der Waals surface area contributed by atoms with Gasteiger partial charge in [0.25, 0.3) is 0 Å². The first-order chi connectivity index (χ1) is 15.0. The molecule has 2 rings (SSSR count). The summed E-state index contributed by atoms with van der Waals surface area (Å²) in [5, 5.41) is 21.7. The third-order valence-corrected chi connectivity index (χ3v) is 9.85. The summed E-state index contributed by atoms with van der Waals surface area (Å²) in [6, 6.07) is 0. The highest BCUT2D eigenvalue weighted by molar-refractivity contribution is 4.88. The van der Waals surface area contributed by atoms with Crippen molar-refractivity contribution in [3.8, 4) is 0 Å². The first kappa shape index (κ1) is 28.1. The summed E-state index contributed by atoms with van der Waals surface area (Å²) in [4.78, 5) is 0. The van der Waals surface area contributed by atoms with Crippen LogP contribution < -0.4 is 0 Å². The summed E-state index contributed by atoms with van der Waals surface area (Å²) in [6.07, 6.45) is 9.16. The summed E-state index contributed by atoms with van der Waals surface area (Å²) >= 11 is 0. The highest BCUT2D eigenvalue weighted by Crippen LogP contribution is 2.42. The maximum absolute atomic E-state index is 14.9. The first-order valence-electron chi connectivity index (χ1n) is 14.0. The van der Waals surface area contributed by atoms with Gasteiger partial charge in [-0.05, 0) is 91.8 Å². The Kier molecular flexibility index (Phi) is 11.5. The van der Waals surface area contributed by atoms with E-state index in [1.807, 2.05) is 0 Å². The molecule has 0 aliphatic heterocycles. The largest absolute Gasteiger partial charge is 0.393 e. The van der Waals surface area contributed by atoms with Gasteiger partial charge in [0.05, 0.1) is 12.2 Å². The zero-order valence-corrected chi connectivity index (χ0v) is 22.3. The number of rotatable bonds is 11. The van der Waals surface area contributed by atoms with Gasteiger partial charge in [-0.15, -0.1) is 0 Å². The SMILES string of the molecule is CC1CCC(C(O)C[C@H](CCCC(O)C(C)C[C@@H]2CC(C)[C@H](C)C(C)C2F)C(C)C)CC1. The van der Waals surface area contributed by atoms with Crippen LogP contribution >= 0.6 is 0 Å². The van der Waals surface area contributed by atoms with Gasteiger partial charge in [-0.1, -0.05) is 74.1 Å². The van der Waals surface area contributed by atoms with Crippen LogP contribution in [-0.4, -0.2) is 28.6 Å². The number of hydrogen-bond donors (Lipinski definition) is 2. The second-order valence-electron chi connectivity index (χ2n) is 12.7. The van der Waals surface area contributed by atoms with Crippen LogP contribution in [0.2, 0.25) is 0 Å². The molecular formula is C29H55FO2. The summed E-state index contributed by atoms with van der Waals surface area (Å²) < 4.78 is 14.9. The monoisotopic (exact) mass is 454 g/mol. The van der Waals surface area contributed by atoms with E-state index in [0.717, 1.165) is 44.4 Å². The molecule has 3 heteroatoms. The van der Waals surface area contributed by atoms with Gasteiger partial charge in [-0.3, -0.25) is 0 Å². The topological polar surface area (TPSA) is 40.5 Å². The predicted octanol–water partition coefficient (Wildman–Crippen LogP) is 7.66. The molecule has 2 fully saturated rings. The lowest BCUT2D eigenvalue weighted by atomic mass is 9.66. The van der Waals surface area contributed by atoms with Crippen LogP contribution in [0.4, 0.5) is 4.39 Å². The van der Waals surface area contributed by atoms with Crippen LogP contribution in [0.5, 0.6) is 0 Å². The van der Waals surface area contributed by atoms with Crippen molar-refractivity contribution in [1.82, 2.24) is 0 Å². The quantitative estimate of drug-likeness (QED) is 0.336. The molecule has 2 aliphatic rings. The fraction of sp³-hybridized carbons (Fsp3) is 1.00. The molecule has 0 radical (unpaired) electrons. The summed E-state index contributed by atoms with van der Waals surface area (Å²) in [6.45, 7) is 15.5. The van der Waals surface area contributed by atoms with Crippen molar-refractivity contribution in [1.29, 1.82) is 0 Å². The van der Waals surface area contributed by atoms with Gasteiger partial charge in [0, 0.05) is 0 Å². The van der Waals surface area contributed by atoms with E-state index in [1.54, 1.807) is 0 Å². The minimum absolute atomic E-state index is 0.0950. The number of alkyl halides is 1. The Morgan fingerprint density at radius 1 is 0.875 bits per heavy atom. The van der Waals surface area contributed by atoms with Crippen LogP contribution in [-0.2, 0) is 0 Å². The van der Waals surface area contributed by atoms with Gasteiger partial charge in [-0.2, -0.15) is 0 Å². The van der Waals surface area contributed by atoms with Crippen molar-refractivity contribution in [2.45, 2.75) is 131 Å². The summed E-state index contributed by atoms with van der Waals surface area (Å²) in [5.74, 6) is 3.76. The van der Waals surface area contributed by atoms with Crippen molar-refractivity contribution in [3.05, 3.63) is 0 Å². The highest BCUT2D eigenvalue weighted by Gasteiger charge is 2.39. The van der Waals surface area contributed by atoms with Gasteiger partial charge < -0.3 is 10.2 Å². The maximum atomic E-state index is 14.9. The second kappa shape index (κ2) is 13.1. The minimum atomic E-state index is -0.731. The van der Waals surface area contributed by atoms with E-state index < -0.39 is 6.17 Å². The third-order valence-electron chi connectivity index (χ3n) is 9.85. The normalized spacial score (nSPS) is 37.8. The molecule has 0 aromatic heterocycles. The average Bonchev–Trinajstić information content (AvgIpc) is 2.75. The van der Waals surface area contributed by atoms with Gasteiger partial charge >= 0.3 is 0 Å². The Labute approximate surface area is 199 Å². The maximum Gasteiger partial charge on any atom is 0.106 e. The molecule has 2 nitrogen and oxygen atoms in total. The van der Waals surface area contributed by atoms with Gasteiger partial charge in [-0.25, -0.2) is 4.39 Å². The Bertz CT molecular complexity index is 515. The Balaban J connectivity index is 1.76. The molecule has 2 saturated carbocycles. The van der Waals surface area contributed by atoms with Crippen molar-refractivity contribution < 1.29 is 14.6 Å². The lowest BCUT2D eigenvalue weighted by Crippen LogP contribution is -2.39. The molecule has 0 heterocycles. The van der Waals surface area contributed by atoms with Crippen molar-refractivity contribution >= 4 is 0 Å². The lowest BCUT2D eigenvalue weighted by molar-refractivity contribution is 0.00601. The van der Waals surface area contributed by atoms with Gasteiger partial charge in [0.1, 0.15) is 6.17 Å². The van der Waals surface area contributed by atoms with E-state index >= 15 is 0 Å². The highest BCUT2D eigenvalue weighted by atomic mass is 19.1. The molecule has 0 bridgehead atoms. The zero-order chi connectivity index (χ0) is 24.0. The second-order valence-corrected chi connectivity index (χ2v) is 12.7.